The number of phenolic OH excluding ortho intramolecular Hbond substituents is 1. The van der Waals surface area contributed by atoms with E-state index in [9.17, 15) is 14.3 Å². The highest BCUT2D eigenvalue weighted by molar-refractivity contribution is 7.98. The number of benzene rings is 1. The van der Waals surface area contributed by atoms with Crippen molar-refractivity contribution in [3.63, 3.8) is 0 Å². The predicted molar refractivity (Wildman–Crippen MR) is 63.4 cm³/mol. The molecule has 0 atom stereocenters. The highest BCUT2D eigenvalue weighted by atomic mass is 32.2. The lowest BCUT2D eigenvalue weighted by atomic mass is 10.1. The number of carbonyl (C=O) groups excluding carboxylic acids is 1. The minimum absolute atomic E-state index is 0.00334. The summed E-state index contributed by atoms with van der Waals surface area (Å²) in [6.45, 7) is 0.565. The van der Waals surface area contributed by atoms with Crippen molar-refractivity contribution < 1.29 is 14.3 Å². The minimum Gasteiger partial charge on any atom is -0.507 e. The Kier molecular flexibility index (Phi) is 4.61. The zero-order valence-electron chi connectivity index (χ0n) is 9.24. The van der Waals surface area contributed by atoms with Gasteiger partial charge in [0.2, 0.25) is 0 Å². The summed E-state index contributed by atoms with van der Waals surface area (Å²) in [7, 11) is 1.63. The van der Waals surface area contributed by atoms with Crippen molar-refractivity contribution >= 4 is 17.7 Å². The van der Waals surface area contributed by atoms with Crippen LogP contribution in [0, 0.1) is 5.82 Å². The molecule has 1 aromatic rings. The molecule has 0 unspecified atom stereocenters. The van der Waals surface area contributed by atoms with Crippen LogP contribution in [0.2, 0.25) is 0 Å². The van der Waals surface area contributed by atoms with Gasteiger partial charge in [-0.05, 0) is 24.5 Å². The average Bonchev–Trinajstić information content (AvgIpc) is 2.28. The fourth-order valence-corrected chi connectivity index (χ4v) is 1.67. The van der Waals surface area contributed by atoms with Crippen molar-refractivity contribution in [1.82, 2.24) is 4.90 Å². The Morgan fingerprint density at radius 3 is 2.88 bits per heavy atom. The largest absolute Gasteiger partial charge is 0.507 e. The number of carbonyl (C=O) groups is 1. The van der Waals surface area contributed by atoms with Gasteiger partial charge < -0.3 is 10.0 Å². The van der Waals surface area contributed by atoms with Gasteiger partial charge in [-0.1, -0.05) is 0 Å². The highest BCUT2D eigenvalue weighted by Crippen LogP contribution is 2.19. The lowest BCUT2D eigenvalue weighted by Crippen LogP contribution is -2.29. The van der Waals surface area contributed by atoms with Crippen molar-refractivity contribution in [1.29, 1.82) is 0 Å². The monoisotopic (exact) mass is 243 g/mol. The van der Waals surface area contributed by atoms with Gasteiger partial charge in [0.05, 0.1) is 5.56 Å². The van der Waals surface area contributed by atoms with Crippen molar-refractivity contribution in [3.8, 4) is 5.75 Å². The van der Waals surface area contributed by atoms with Gasteiger partial charge in [0.1, 0.15) is 11.6 Å². The predicted octanol–water partition coefficient (Wildman–Crippen LogP) is 1.97. The van der Waals surface area contributed by atoms with Crippen LogP contribution in [0.15, 0.2) is 18.2 Å². The number of nitrogens with zero attached hydrogens (tertiary/aromatic N) is 1. The van der Waals surface area contributed by atoms with E-state index in [0.717, 1.165) is 17.9 Å². The van der Waals surface area contributed by atoms with Gasteiger partial charge in [0.25, 0.3) is 5.91 Å². The number of hydrogen-bond acceptors (Lipinski definition) is 3. The fraction of sp³-hybridized carbons (Fsp3) is 0.364. The SMILES string of the molecule is CSCCN(C)C(=O)c1cc(F)ccc1O. The lowest BCUT2D eigenvalue weighted by molar-refractivity contribution is 0.0800. The van der Waals surface area contributed by atoms with Crippen LogP contribution in [0.5, 0.6) is 5.75 Å². The van der Waals surface area contributed by atoms with E-state index in [1.54, 1.807) is 18.8 Å². The quantitative estimate of drug-likeness (QED) is 0.879. The van der Waals surface area contributed by atoms with Gasteiger partial charge in [-0.3, -0.25) is 4.79 Å². The summed E-state index contributed by atoms with van der Waals surface area (Å²) >= 11 is 1.62. The molecule has 0 fully saturated rings. The molecule has 1 rings (SSSR count). The Morgan fingerprint density at radius 1 is 1.56 bits per heavy atom. The average molecular weight is 243 g/mol. The third-order valence-electron chi connectivity index (χ3n) is 2.17. The maximum atomic E-state index is 12.9. The van der Waals surface area contributed by atoms with Crippen LogP contribution in [0.3, 0.4) is 0 Å². The van der Waals surface area contributed by atoms with E-state index < -0.39 is 5.82 Å². The van der Waals surface area contributed by atoms with Gasteiger partial charge in [-0.2, -0.15) is 11.8 Å². The summed E-state index contributed by atoms with van der Waals surface area (Å²) < 4.78 is 12.9. The van der Waals surface area contributed by atoms with Gasteiger partial charge in [0, 0.05) is 19.3 Å². The van der Waals surface area contributed by atoms with Crippen molar-refractivity contribution in [2.75, 3.05) is 25.6 Å². The van der Waals surface area contributed by atoms with E-state index in [0.29, 0.717) is 6.54 Å². The first kappa shape index (κ1) is 12.8. The highest BCUT2D eigenvalue weighted by Gasteiger charge is 2.16. The van der Waals surface area contributed by atoms with Crippen molar-refractivity contribution in [2.24, 2.45) is 0 Å². The first-order valence-electron chi connectivity index (χ1n) is 4.79. The zero-order chi connectivity index (χ0) is 12.1. The van der Waals surface area contributed by atoms with E-state index in [-0.39, 0.29) is 17.2 Å². The van der Waals surface area contributed by atoms with Crippen LogP contribution in [-0.2, 0) is 0 Å². The Hall–Kier alpha value is -1.23. The molecule has 1 amide bonds. The molecule has 0 bridgehead atoms. The van der Waals surface area contributed by atoms with Gasteiger partial charge >= 0.3 is 0 Å². The molecule has 0 radical (unpaired) electrons. The second-order valence-electron chi connectivity index (χ2n) is 3.38. The number of hydrogen-bond donors (Lipinski definition) is 1. The molecule has 0 saturated carbocycles. The number of rotatable bonds is 4. The first-order valence-corrected chi connectivity index (χ1v) is 6.18. The zero-order valence-corrected chi connectivity index (χ0v) is 10.1. The van der Waals surface area contributed by atoms with Crippen LogP contribution in [0.4, 0.5) is 4.39 Å². The lowest BCUT2D eigenvalue weighted by Gasteiger charge is -2.17. The molecule has 5 heteroatoms. The number of thioether (sulfide) groups is 1. The molecule has 0 aromatic heterocycles. The first-order chi connectivity index (χ1) is 7.56. The molecule has 0 aliphatic carbocycles. The van der Waals surface area contributed by atoms with Crippen molar-refractivity contribution in [3.05, 3.63) is 29.6 Å². The molecular formula is C11H14FNO2S. The topological polar surface area (TPSA) is 40.5 Å². The third-order valence-corrected chi connectivity index (χ3v) is 2.76. The molecule has 16 heavy (non-hydrogen) atoms. The molecule has 0 saturated heterocycles. The second-order valence-corrected chi connectivity index (χ2v) is 4.37. The number of halogens is 1. The minimum atomic E-state index is -0.528. The van der Waals surface area contributed by atoms with Crippen molar-refractivity contribution in [2.45, 2.75) is 0 Å². The number of amides is 1. The van der Waals surface area contributed by atoms with Gasteiger partial charge in [-0.15, -0.1) is 0 Å². The third kappa shape index (κ3) is 3.13. The Balaban J connectivity index is 2.83. The fourth-order valence-electron chi connectivity index (χ4n) is 1.21. The van der Waals surface area contributed by atoms with Crippen LogP contribution < -0.4 is 0 Å². The number of aromatic hydroxyl groups is 1. The summed E-state index contributed by atoms with van der Waals surface area (Å²) in [5, 5.41) is 9.46. The summed E-state index contributed by atoms with van der Waals surface area (Å²) in [6.07, 6.45) is 1.94. The van der Waals surface area contributed by atoms with Crippen LogP contribution in [0.25, 0.3) is 0 Å². The second kappa shape index (κ2) is 5.75. The summed E-state index contributed by atoms with van der Waals surface area (Å²) in [4.78, 5) is 13.3. The van der Waals surface area contributed by atoms with E-state index in [2.05, 4.69) is 0 Å². The summed E-state index contributed by atoms with van der Waals surface area (Å²) in [6, 6.07) is 3.35. The Labute approximate surface area is 98.3 Å². The van der Waals surface area contributed by atoms with E-state index in [1.165, 1.54) is 11.0 Å². The molecular weight excluding hydrogens is 229 g/mol. The van der Waals surface area contributed by atoms with E-state index in [1.807, 2.05) is 6.26 Å². The van der Waals surface area contributed by atoms with Gasteiger partial charge in [0.15, 0.2) is 0 Å². The molecule has 0 spiro atoms. The van der Waals surface area contributed by atoms with E-state index in [4.69, 9.17) is 0 Å². The Morgan fingerprint density at radius 2 is 2.25 bits per heavy atom. The molecule has 0 aliphatic rings. The number of phenols is 1. The molecule has 1 N–H and O–H groups in total. The smallest absolute Gasteiger partial charge is 0.257 e. The molecule has 88 valence electrons. The molecule has 1 aromatic carbocycles. The van der Waals surface area contributed by atoms with Gasteiger partial charge in [-0.25, -0.2) is 4.39 Å². The Bertz CT molecular complexity index is 384. The maximum Gasteiger partial charge on any atom is 0.257 e. The molecule has 3 nitrogen and oxygen atoms in total. The summed E-state index contributed by atoms with van der Waals surface area (Å²) in [5.41, 5.74) is 0.00334. The van der Waals surface area contributed by atoms with E-state index >= 15 is 0 Å². The molecule has 0 heterocycles. The van der Waals surface area contributed by atoms with Crippen LogP contribution in [-0.4, -0.2) is 41.5 Å². The normalized spacial score (nSPS) is 10.2. The standard InChI is InChI=1S/C11H14FNO2S/c1-13(5-6-16-2)11(15)9-7-8(12)3-4-10(9)14/h3-4,7,14H,5-6H2,1-2H3. The summed E-state index contributed by atoms with van der Waals surface area (Å²) in [5.74, 6) is -0.286. The van der Waals surface area contributed by atoms with Crippen LogP contribution in [0.1, 0.15) is 10.4 Å². The van der Waals surface area contributed by atoms with Crippen LogP contribution >= 0.6 is 11.8 Å². The maximum absolute atomic E-state index is 12.9. The molecule has 0 aliphatic heterocycles.